The first-order valence-corrected chi connectivity index (χ1v) is 7.53. The smallest absolute Gasteiger partial charge is 0.119 e. The van der Waals surface area contributed by atoms with Gasteiger partial charge in [0.15, 0.2) is 0 Å². The lowest BCUT2D eigenvalue weighted by molar-refractivity contribution is 0.313. The van der Waals surface area contributed by atoms with Crippen molar-refractivity contribution in [3.8, 4) is 11.5 Å². The summed E-state index contributed by atoms with van der Waals surface area (Å²) in [5, 5.41) is 3.46. The molecule has 0 aromatic heterocycles. The van der Waals surface area contributed by atoms with E-state index >= 15 is 0 Å². The molecule has 0 unspecified atom stereocenters. The van der Waals surface area contributed by atoms with Crippen LogP contribution in [0.3, 0.4) is 0 Å². The Labute approximate surface area is 113 Å². The molecule has 1 aromatic carbocycles. The molecule has 1 aliphatic rings. The number of nitrogens with one attached hydrogen (secondary N) is 1. The minimum Gasteiger partial charge on any atom is -0.497 e. The van der Waals surface area contributed by atoms with Gasteiger partial charge in [-0.15, -0.1) is 0 Å². The summed E-state index contributed by atoms with van der Waals surface area (Å²) in [6.07, 6.45) is 4.89. The van der Waals surface area contributed by atoms with Gasteiger partial charge in [0, 0.05) is 17.8 Å². The van der Waals surface area contributed by atoms with Crippen LogP contribution in [-0.4, -0.2) is 37.8 Å². The maximum atomic E-state index is 5.65. The molecule has 1 aliphatic carbocycles. The molecule has 0 spiro atoms. The summed E-state index contributed by atoms with van der Waals surface area (Å²) in [4.78, 5) is 0. The van der Waals surface area contributed by atoms with Gasteiger partial charge in [-0.25, -0.2) is 0 Å². The van der Waals surface area contributed by atoms with Crippen molar-refractivity contribution in [1.29, 1.82) is 0 Å². The fraction of sp³-hybridized carbons (Fsp3) is 0.571. The van der Waals surface area contributed by atoms with Crippen molar-refractivity contribution in [3.63, 3.8) is 0 Å². The fourth-order valence-corrected chi connectivity index (χ4v) is 2.58. The van der Waals surface area contributed by atoms with Gasteiger partial charge in [0.05, 0.1) is 7.11 Å². The molecule has 0 bridgehead atoms. The van der Waals surface area contributed by atoms with E-state index < -0.39 is 0 Å². The molecule has 2 rings (SSSR count). The van der Waals surface area contributed by atoms with Crippen LogP contribution in [0.5, 0.6) is 11.5 Å². The van der Waals surface area contributed by atoms with Gasteiger partial charge in [-0.1, -0.05) is 0 Å². The van der Waals surface area contributed by atoms with Crippen LogP contribution in [0.4, 0.5) is 0 Å². The van der Waals surface area contributed by atoms with Crippen molar-refractivity contribution >= 4 is 11.8 Å². The number of rotatable bonds is 8. The molecule has 4 heteroatoms. The first kappa shape index (κ1) is 13.6. The summed E-state index contributed by atoms with van der Waals surface area (Å²) < 4.78 is 11.3. The molecule has 0 heterocycles. The molecule has 0 atom stereocenters. The number of methoxy groups -OCH3 is 1. The van der Waals surface area contributed by atoms with Crippen molar-refractivity contribution in [2.75, 3.05) is 33.1 Å². The van der Waals surface area contributed by atoms with E-state index in [1.165, 1.54) is 12.8 Å². The van der Waals surface area contributed by atoms with Crippen molar-refractivity contribution in [2.45, 2.75) is 17.6 Å². The lowest BCUT2D eigenvalue weighted by Gasteiger charge is -2.13. The second-order valence-corrected chi connectivity index (χ2v) is 5.86. The molecule has 0 aliphatic heterocycles. The van der Waals surface area contributed by atoms with Gasteiger partial charge in [0.2, 0.25) is 0 Å². The van der Waals surface area contributed by atoms with Crippen LogP contribution in [0.2, 0.25) is 0 Å². The third-order valence-corrected chi connectivity index (χ3v) is 4.71. The zero-order valence-electron chi connectivity index (χ0n) is 11.1. The van der Waals surface area contributed by atoms with E-state index in [2.05, 4.69) is 11.6 Å². The summed E-state index contributed by atoms with van der Waals surface area (Å²) >= 11 is 1.98. The second-order valence-electron chi connectivity index (χ2n) is 4.59. The molecule has 1 N–H and O–H groups in total. The topological polar surface area (TPSA) is 30.5 Å². The van der Waals surface area contributed by atoms with E-state index in [9.17, 15) is 0 Å². The third-order valence-electron chi connectivity index (χ3n) is 3.29. The third kappa shape index (κ3) is 3.82. The van der Waals surface area contributed by atoms with Gasteiger partial charge in [-0.05, 0) is 43.4 Å². The molecule has 1 saturated carbocycles. The Morgan fingerprint density at radius 3 is 2.44 bits per heavy atom. The maximum absolute atomic E-state index is 5.65. The lowest BCUT2D eigenvalue weighted by atomic mass is 10.3. The van der Waals surface area contributed by atoms with Gasteiger partial charge in [-0.2, -0.15) is 11.8 Å². The number of thioether (sulfide) groups is 1. The number of hydrogen-bond acceptors (Lipinski definition) is 4. The Kier molecular flexibility index (Phi) is 4.78. The average Bonchev–Trinajstić information content (AvgIpc) is 3.20. The van der Waals surface area contributed by atoms with Crippen LogP contribution in [0, 0.1) is 0 Å². The maximum Gasteiger partial charge on any atom is 0.119 e. The Hall–Kier alpha value is -0.870. The molecule has 100 valence electrons. The fourth-order valence-electron chi connectivity index (χ4n) is 1.82. The first-order valence-electron chi connectivity index (χ1n) is 6.31. The zero-order valence-corrected chi connectivity index (χ0v) is 11.9. The largest absolute Gasteiger partial charge is 0.497 e. The highest BCUT2D eigenvalue weighted by Crippen LogP contribution is 2.46. The Balaban J connectivity index is 1.60. The van der Waals surface area contributed by atoms with Crippen LogP contribution >= 0.6 is 11.8 Å². The number of hydrogen-bond donors (Lipinski definition) is 1. The standard InChI is InChI=1S/C14H21NO2S/c1-16-12-3-5-13(6-4-12)17-10-9-15-11-14(18-2)7-8-14/h3-6,15H,7-11H2,1-2H3. The highest BCUT2D eigenvalue weighted by atomic mass is 32.2. The van der Waals surface area contributed by atoms with Crippen molar-refractivity contribution < 1.29 is 9.47 Å². The summed E-state index contributed by atoms with van der Waals surface area (Å²) in [6, 6.07) is 7.69. The van der Waals surface area contributed by atoms with Crippen LogP contribution in [-0.2, 0) is 0 Å². The van der Waals surface area contributed by atoms with Gasteiger partial charge in [-0.3, -0.25) is 0 Å². The summed E-state index contributed by atoms with van der Waals surface area (Å²) in [7, 11) is 1.67. The summed E-state index contributed by atoms with van der Waals surface area (Å²) in [6.45, 7) is 2.70. The molecule has 1 fully saturated rings. The average molecular weight is 267 g/mol. The monoisotopic (exact) mass is 267 g/mol. The van der Waals surface area contributed by atoms with E-state index in [1.54, 1.807) is 7.11 Å². The lowest BCUT2D eigenvalue weighted by Crippen LogP contribution is -2.29. The van der Waals surface area contributed by atoms with Gasteiger partial charge < -0.3 is 14.8 Å². The van der Waals surface area contributed by atoms with E-state index in [-0.39, 0.29) is 0 Å². The molecular formula is C14H21NO2S. The SMILES string of the molecule is COc1ccc(OCCNCC2(SC)CC2)cc1. The Morgan fingerprint density at radius 2 is 1.89 bits per heavy atom. The van der Waals surface area contributed by atoms with Crippen LogP contribution in [0.25, 0.3) is 0 Å². The molecule has 0 radical (unpaired) electrons. The van der Waals surface area contributed by atoms with Gasteiger partial charge >= 0.3 is 0 Å². The van der Waals surface area contributed by atoms with E-state index in [0.29, 0.717) is 11.4 Å². The van der Waals surface area contributed by atoms with Crippen LogP contribution in [0.1, 0.15) is 12.8 Å². The number of benzene rings is 1. The normalized spacial score (nSPS) is 16.3. The van der Waals surface area contributed by atoms with Gasteiger partial charge in [0.25, 0.3) is 0 Å². The molecule has 3 nitrogen and oxygen atoms in total. The molecular weight excluding hydrogens is 246 g/mol. The molecule has 1 aromatic rings. The highest BCUT2D eigenvalue weighted by Gasteiger charge is 2.41. The Bertz CT molecular complexity index is 363. The van der Waals surface area contributed by atoms with Crippen molar-refractivity contribution in [3.05, 3.63) is 24.3 Å². The van der Waals surface area contributed by atoms with Crippen LogP contribution < -0.4 is 14.8 Å². The van der Waals surface area contributed by atoms with Crippen molar-refractivity contribution in [1.82, 2.24) is 5.32 Å². The minimum atomic E-state index is 0.528. The highest BCUT2D eigenvalue weighted by molar-refractivity contribution is 8.00. The second kappa shape index (κ2) is 6.34. The zero-order chi connectivity index (χ0) is 12.8. The molecule has 18 heavy (non-hydrogen) atoms. The van der Waals surface area contributed by atoms with E-state index in [1.807, 2.05) is 36.0 Å². The predicted molar refractivity (Wildman–Crippen MR) is 76.8 cm³/mol. The van der Waals surface area contributed by atoms with Gasteiger partial charge in [0.1, 0.15) is 18.1 Å². The predicted octanol–water partition coefficient (Wildman–Crippen LogP) is 2.56. The summed E-state index contributed by atoms with van der Waals surface area (Å²) in [5.74, 6) is 1.75. The minimum absolute atomic E-state index is 0.528. The van der Waals surface area contributed by atoms with E-state index in [4.69, 9.17) is 9.47 Å². The molecule has 0 amide bonds. The number of ether oxygens (including phenoxy) is 2. The van der Waals surface area contributed by atoms with Crippen molar-refractivity contribution in [2.24, 2.45) is 0 Å². The van der Waals surface area contributed by atoms with E-state index in [0.717, 1.165) is 24.6 Å². The quantitative estimate of drug-likeness (QED) is 0.733. The van der Waals surface area contributed by atoms with Crippen LogP contribution in [0.15, 0.2) is 24.3 Å². The molecule has 0 saturated heterocycles. The summed E-state index contributed by atoms with van der Waals surface area (Å²) in [5.41, 5.74) is 0. The first-order chi connectivity index (χ1) is 8.78. The Morgan fingerprint density at radius 1 is 1.22 bits per heavy atom.